The van der Waals surface area contributed by atoms with Crippen LogP contribution in [0.1, 0.15) is 59.8 Å². The molecule has 0 spiro atoms. The van der Waals surface area contributed by atoms with Gasteiger partial charge in [0.25, 0.3) is 5.91 Å². The summed E-state index contributed by atoms with van der Waals surface area (Å²) in [4.78, 5) is 14.6. The summed E-state index contributed by atoms with van der Waals surface area (Å²) in [5, 5.41) is 3.99. The van der Waals surface area contributed by atoms with E-state index < -0.39 is 0 Å². The van der Waals surface area contributed by atoms with Crippen LogP contribution in [0.4, 0.5) is 0 Å². The predicted molar refractivity (Wildman–Crippen MR) is 82.8 cm³/mol. The number of benzene rings is 1. The molecule has 2 fully saturated rings. The summed E-state index contributed by atoms with van der Waals surface area (Å²) >= 11 is 0. The zero-order chi connectivity index (χ0) is 15.1. The Bertz CT molecular complexity index is 675. The zero-order valence-corrected chi connectivity index (χ0v) is 12.7. The van der Waals surface area contributed by atoms with Crippen LogP contribution in [-0.4, -0.2) is 28.6 Å². The summed E-state index contributed by atoms with van der Waals surface area (Å²) in [6.45, 7) is 2.87. The van der Waals surface area contributed by atoms with Crippen molar-refractivity contribution < 1.29 is 9.32 Å². The number of amides is 1. The summed E-state index contributed by atoms with van der Waals surface area (Å²) in [5.41, 5.74) is 1.77. The first-order chi connectivity index (χ1) is 10.7. The van der Waals surface area contributed by atoms with Gasteiger partial charge in [-0.1, -0.05) is 35.5 Å². The Kier molecular flexibility index (Phi) is 3.25. The SMILES string of the molecule is C[C@H]1C[C@H](c2ccccc2)CN1C(=O)c1cc(C2CC2)on1. The van der Waals surface area contributed by atoms with Crippen molar-refractivity contribution >= 4 is 5.91 Å². The molecule has 2 aliphatic rings. The molecule has 1 saturated heterocycles. The fraction of sp³-hybridized carbons (Fsp3) is 0.444. The van der Waals surface area contributed by atoms with Gasteiger partial charge in [-0.3, -0.25) is 4.79 Å². The molecule has 2 aromatic rings. The van der Waals surface area contributed by atoms with E-state index in [4.69, 9.17) is 4.52 Å². The topological polar surface area (TPSA) is 46.3 Å². The standard InChI is InChI=1S/C18H20N2O2/c1-12-9-15(13-5-3-2-4-6-13)11-20(12)18(21)16-10-17(22-19-16)14-7-8-14/h2-6,10,12,14-15H,7-9,11H2,1H3/t12-,15-/m0/s1. The van der Waals surface area contributed by atoms with E-state index in [2.05, 4.69) is 36.3 Å². The van der Waals surface area contributed by atoms with Crippen LogP contribution in [-0.2, 0) is 0 Å². The largest absolute Gasteiger partial charge is 0.360 e. The van der Waals surface area contributed by atoms with Gasteiger partial charge >= 0.3 is 0 Å². The quantitative estimate of drug-likeness (QED) is 0.870. The van der Waals surface area contributed by atoms with E-state index >= 15 is 0 Å². The Morgan fingerprint density at radius 1 is 1.23 bits per heavy atom. The van der Waals surface area contributed by atoms with Crippen LogP contribution in [0.15, 0.2) is 40.9 Å². The highest BCUT2D eigenvalue weighted by Crippen LogP contribution is 2.40. The molecule has 1 aliphatic carbocycles. The van der Waals surface area contributed by atoms with Gasteiger partial charge in [-0.2, -0.15) is 0 Å². The van der Waals surface area contributed by atoms with Gasteiger partial charge in [0.1, 0.15) is 5.76 Å². The maximum atomic E-state index is 12.7. The Hall–Kier alpha value is -2.10. The maximum absolute atomic E-state index is 12.7. The van der Waals surface area contributed by atoms with E-state index in [0.717, 1.165) is 31.6 Å². The van der Waals surface area contributed by atoms with E-state index in [1.807, 2.05) is 17.0 Å². The molecule has 1 aliphatic heterocycles. The van der Waals surface area contributed by atoms with Crippen molar-refractivity contribution in [3.05, 3.63) is 53.4 Å². The first-order valence-corrected chi connectivity index (χ1v) is 8.05. The van der Waals surface area contributed by atoms with Crippen LogP contribution in [0.25, 0.3) is 0 Å². The molecule has 0 unspecified atom stereocenters. The highest BCUT2D eigenvalue weighted by molar-refractivity contribution is 5.92. The molecule has 4 nitrogen and oxygen atoms in total. The molecule has 22 heavy (non-hydrogen) atoms. The molecule has 1 aromatic carbocycles. The van der Waals surface area contributed by atoms with Gasteiger partial charge in [0, 0.05) is 30.5 Å². The molecule has 4 heteroatoms. The Morgan fingerprint density at radius 3 is 2.73 bits per heavy atom. The van der Waals surface area contributed by atoms with Crippen molar-refractivity contribution in [2.24, 2.45) is 0 Å². The normalized spacial score (nSPS) is 24.7. The highest BCUT2D eigenvalue weighted by Gasteiger charge is 2.36. The lowest BCUT2D eigenvalue weighted by atomic mass is 9.97. The van der Waals surface area contributed by atoms with E-state index in [0.29, 0.717) is 17.5 Å². The third kappa shape index (κ3) is 2.43. The van der Waals surface area contributed by atoms with Crippen LogP contribution in [0.2, 0.25) is 0 Å². The zero-order valence-electron chi connectivity index (χ0n) is 12.7. The molecule has 114 valence electrons. The molecule has 2 atom stereocenters. The van der Waals surface area contributed by atoms with Crippen LogP contribution in [0.5, 0.6) is 0 Å². The number of hydrogen-bond acceptors (Lipinski definition) is 3. The molecule has 2 heterocycles. The number of carbonyl (C=O) groups excluding carboxylic acids is 1. The minimum Gasteiger partial charge on any atom is -0.360 e. The number of rotatable bonds is 3. The van der Waals surface area contributed by atoms with Gasteiger partial charge in [0.05, 0.1) is 0 Å². The van der Waals surface area contributed by atoms with Crippen LogP contribution in [0.3, 0.4) is 0 Å². The molecule has 0 bridgehead atoms. The van der Waals surface area contributed by atoms with Gasteiger partial charge in [-0.15, -0.1) is 0 Å². The monoisotopic (exact) mass is 296 g/mol. The lowest BCUT2D eigenvalue weighted by Gasteiger charge is -2.19. The Labute approximate surface area is 130 Å². The second-order valence-electron chi connectivity index (χ2n) is 6.54. The van der Waals surface area contributed by atoms with Crippen LogP contribution in [0, 0.1) is 0 Å². The average molecular weight is 296 g/mol. The third-order valence-corrected chi connectivity index (χ3v) is 4.83. The molecule has 1 saturated carbocycles. The molecule has 0 N–H and O–H groups in total. The molecule has 1 aromatic heterocycles. The second kappa shape index (κ2) is 5.27. The van der Waals surface area contributed by atoms with Crippen molar-refractivity contribution in [2.75, 3.05) is 6.54 Å². The van der Waals surface area contributed by atoms with E-state index in [9.17, 15) is 4.79 Å². The van der Waals surface area contributed by atoms with E-state index in [1.54, 1.807) is 0 Å². The van der Waals surface area contributed by atoms with Gasteiger partial charge in [0.15, 0.2) is 5.69 Å². The predicted octanol–water partition coefficient (Wildman–Crippen LogP) is 3.57. The first kappa shape index (κ1) is 13.6. The molecule has 4 rings (SSSR count). The van der Waals surface area contributed by atoms with Gasteiger partial charge in [0.2, 0.25) is 0 Å². The van der Waals surface area contributed by atoms with Gasteiger partial charge < -0.3 is 9.42 Å². The minimum absolute atomic E-state index is 0.00146. The van der Waals surface area contributed by atoms with Crippen molar-refractivity contribution in [1.29, 1.82) is 0 Å². The number of hydrogen-bond donors (Lipinski definition) is 0. The molecular formula is C18H20N2O2. The number of likely N-dealkylation sites (tertiary alicyclic amines) is 1. The summed E-state index contributed by atoms with van der Waals surface area (Å²) < 4.78 is 5.32. The maximum Gasteiger partial charge on any atom is 0.276 e. The third-order valence-electron chi connectivity index (χ3n) is 4.83. The lowest BCUT2D eigenvalue weighted by Crippen LogP contribution is -2.34. The number of nitrogens with zero attached hydrogens (tertiary/aromatic N) is 2. The highest BCUT2D eigenvalue weighted by atomic mass is 16.5. The lowest BCUT2D eigenvalue weighted by molar-refractivity contribution is 0.0735. The Balaban J connectivity index is 1.50. The first-order valence-electron chi connectivity index (χ1n) is 8.05. The minimum atomic E-state index is 0.00146. The van der Waals surface area contributed by atoms with Gasteiger partial charge in [-0.25, -0.2) is 0 Å². The summed E-state index contributed by atoms with van der Waals surface area (Å²) in [7, 11) is 0. The fourth-order valence-electron chi connectivity index (χ4n) is 3.38. The Morgan fingerprint density at radius 2 is 2.00 bits per heavy atom. The van der Waals surface area contributed by atoms with Crippen LogP contribution < -0.4 is 0 Å². The van der Waals surface area contributed by atoms with Crippen LogP contribution >= 0.6 is 0 Å². The summed E-state index contributed by atoms with van der Waals surface area (Å²) in [6, 6.07) is 12.5. The fourth-order valence-corrected chi connectivity index (χ4v) is 3.38. The van der Waals surface area contributed by atoms with Crippen molar-refractivity contribution in [2.45, 2.75) is 44.1 Å². The smallest absolute Gasteiger partial charge is 0.276 e. The van der Waals surface area contributed by atoms with Gasteiger partial charge in [-0.05, 0) is 31.7 Å². The van der Waals surface area contributed by atoms with E-state index in [1.165, 1.54) is 5.56 Å². The molecule has 1 amide bonds. The van der Waals surface area contributed by atoms with E-state index in [-0.39, 0.29) is 11.9 Å². The van der Waals surface area contributed by atoms with Crippen molar-refractivity contribution in [3.8, 4) is 0 Å². The molecular weight excluding hydrogens is 276 g/mol. The summed E-state index contributed by atoms with van der Waals surface area (Å²) in [5.74, 6) is 1.77. The molecule has 0 radical (unpaired) electrons. The summed E-state index contributed by atoms with van der Waals surface area (Å²) in [6.07, 6.45) is 3.31. The average Bonchev–Trinajstić information content (AvgIpc) is 3.15. The van der Waals surface area contributed by atoms with Crippen molar-refractivity contribution in [1.82, 2.24) is 10.1 Å². The second-order valence-corrected chi connectivity index (χ2v) is 6.54. The number of carbonyl (C=O) groups is 1. The number of aromatic nitrogens is 1. The van der Waals surface area contributed by atoms with Crippen molar-refractivity contribution in [3.63, 3.8) is 0 Å².